The minimum absolute atomic E-state index is 0.0423. The first-order valence-corrected chi connectivity index (χ1v) is 9.32. The monoisotopic (exact) mass is 374 g/mol. The van der Waals surface area contributed by atoms with Gasteiger partial charge in [-0.1, -0.05) is 31.4 Å². The Bertz CT molecular complexity index is 681. The van der Waals surface area contributed by atoms with Crippen molar-refractivity contribution in [1.29, 1.82) is 0 Å². The van der Waals surface area contributed by atoms with E-state index in [1.54, 1.807) is 25.1 Å². The van der Waals surface area contributed by atoms with Crippen LogP contribution in [-0.4, -0.2) is 49.6 Å². The summed E-state index contributed by atoms with van der Waals surface area (Å²) in [6.45, 7) is 1.46. The van der Waals surface area contributed by atoms with E-state index in [1.807, 2.05) is 18.2 Å². The quantitative estimate of drug-likeness (QED) is 0.357. The summed E-state index contributed by atoms with van der Waals surface area (Å²) in [7, 11) is 4.82. The van der Waals surface area contributed by atoms with Gasteiger partial charge in [0.05, 0.1) is 7.11 Å². The minimum Gasteiger partial charge on any atom is -0.465 e. The number of ether oxygens (including phenoxy) is 1. The van der Waals surface area contributed by atoms with E-state index in [9.17, 15) is 14.4 Å². The zero-order valence-corrected chi connectivity index (χ0v) is 16.8. The fourth-order valence-electron chi connectivity index (χ4n) is 2.63. The maximum atomic E-state index is 12.2. The van der Waals surface area contributed by atoms with Gasteiger partial charge in [-0.2, -0.15) is 0 Å². The summed E-state index contributed by atoms with van der Waals surface area (Å²) in [5, 5.41) is 0. The predicted molar refractivity (Wildman–Crippen MR) is 106 cm³/mol. The first kappa shape index (κ1) is 22.5. The zero-order valence-electron chi connectivity index (χ0n) is 16.8. The van der Waals surface area contributed by atoms with E-state index < -0.39 is 11.9 Å². The van der Waals surface area contributed by atoms with Crippen molar-refractivity contribution < 1.29 is 19.1 Å². The van der Waals surface area contributed by atoms with Crippen LogP contribution < -0.4 is 0 Å². The van der Waals surface area contributed by atoms with Gasteiger partial charge >= 0.3 is 5.97 Å². The lowest BCUT2D eigenvalue weighted by Gasteiger charge is -2.09. The lowest BCUT2D eigenvalue weighted by atomic mass is 10.0. The molecule has 0 atom stereocenters. The Balaban J connectivity index is 2.39. The number of esters is 1. The second-order valence-corrected chi connectivity index (χ2v) is 6.75. The molecule has 2 amide bonds. The third kappa shape index (κ3) is 8.62. The number of aliphatic imine (C=N–C) groups is 1. The molecule has 0 aliphatic heterocycles. The molecule has 0 heterocycles. The van der Waals surface area contributed by atoms with E-state index in [4.69, 9.17) is 0 Å². The van der Waals surface area contributed by atoms with E-state index in [1.165, 1.54) is 14.0 Å². The van der Waals surface area contributed by atoms with Gasteiger partial charge in [-0.05, 0) is 43.9 Å². The van der Waals surface area contributed by atoms with Crippen LogP contribution in [0.2, 0.25) is 0 Å². The SMILES string of the molecule is COC(=O)/C(C)=N/C(=O)c1cccc(CCCCCCCC(=O)N(C)C)c1. The van der Waals surface area contributed by atoms with Crippen LogP contribution in [0, 0.1) is 0 Å². The van der Waals surface area contributed by atoms with Crippen LogP contribution in [-0.2, 0) is 20.7 Å². The summed E-state index contributed by atoms with van der Waals surface area (Å²) >= 11 is 0. The number of unbranched alkanes of at least 4 members (excludes halogenated alkanes) is 4. The van der Waals surface area contributed by atoms with Gasteiger partial charge in [0.1, 0.15) is 5.71 Å². The van der Waals surface area contributed by atoms with Crippen LogP contribution in [0.5, 0.6) is 0 Å². The maximum Gasteiger partial charge on any atom is 0.352 e. The summed E-state index contributed by atoms with van der Waals surface area (Å²) in [6.07, 6.45) is 6.71. The number of nitrogens with zero attached hydrogens (tertiary/aromatic N) is 2. The molecular formula is C21H30N2O4. The van der Waals surface area contributed by atoms with Crippen LogP contribution >= 0.6 is 0 Å². The average molecular weight is 374 g/mol. The van der Waals surface area contributed by atoms with E-state index >= 15 is 0 Å². The molecule has 1 rings (SSSR count). The third-order valence-corrected chi connectivity index (χ3v) is 4.28. The maximum absolute atomic E-state index is 12.2. The standard InChI is InChI=1S/C21H30N2O4/c1-16(21(26)27-4)22-20(25)18-13-10-12-17(15-18)11-8-6-5-7-9-14-19(24)23(2)3/h10,12-13,15H,5-9,11,14H2,1-4H3/b22-16+. The second-order valence-electron chi connectivity index (χ2n) is 6.75. The molecule has 0 bridgehead atoms. The molecule has 0 saturated carbocycles. The molecule has 148 valence electrons. The van der Waals surface area contributed by atoms with Crippen LogP contribution in [0.1, 0.15) is 61.4 Å². The van der Waals surface area contributed by atoms with Crippen molar-refractivity contribution in [3.05, 3.63) is 35.4 Å². The molecule has 0 fully saturated rings. The van der Waals surface area contributed by atoms with E-state index in [-0.39, 0.29) is 11.6 Å². The molecule has 27 heavy (non-hydrogen) atoms. The fraction of sp³-hybridized carbons (Fsp3) is 0.524. The molecule has 0 aliphatic rings. The molecule has 1 aromatic rings. The van der Waals surface area contributed by atoms with Crippen LogP contribution in [0.3, 0.4) is 0 Å². The normalized spacial score (nSPS) is 11.2. The highest BCUT2D eigenvalue weighted by Crippen LogP contribution is 2.13. The lowest BCUT2D eigenvalue weighted by Crippen LogP contribution is -2.20. The summed E-state index contributed by atoms with van der Waals surface area (Å²) in [5.74, 6) is -0.862. The second kappa shape index (κ2) is 12.0. The van der Waals surface area contributed by atoms with Crippen molar-refractivity contribution in [2.45, 2.75) is 51.9 Å². The van der Waals surface area contributed by atoms with Crippen molar-refractivity contribution in [3.8, 4) is 0 Å². The number of rotatable bonds is 10. The highest BCUT2D eigenvalue weighted by molar-refractivity contribution is 6.37. The summed E-state index contributed by atoms with van der Waals surface area (Å²) in [6, 6.07) is 7.34. The van der Waals surface area contributed by atoms with Crippen molar-refractivity contribution >= 4 is 23.5 Å². The number of carbonyl (C=O) groups excluding carboxylic acids is 3. The molecule has 1 aromatic carbocycles. The van der Waals surface area contributed by atoms with Crippen LogP contribution in [0.4, 0.5) is 0 Å². The van der Waals surface area contributed by atoms with Crippen LogP contribution in [0.25, 0.3) is 0 Å². The number of hydrogen-bond acceptors (Lipinski definition) is 4. The van der Waals surface area contributed by atoms with Crippen molar-refractivity contribution in [3.63, 3.8) is 0 Å². The Labute approximate surface area is 161 Å². The smallest absolute Gasteiger partial charge is 0.352 e. The Morgan fingerprint density at radius 2 is 1.70 bits per heavy atom. The summed E-state index contributed by atoms with van der Waals surface area (Å²) in [5.41, 5.74) is 1.59. The number of methoxy groups -OCH3 is 1. The van der Waals surface area contributed by atoms with Gasteiger partial charge in [-0.15, -0.1) is 0 Å². The Hall–Kier alpha value is -2.50. The molecule has 0 unspecified atom stereocenters. The van der Waals surface area contributed by atoms with Crippen molar-refractivity contribution in [2.75, 3.05) is 21.2 Å². The first-order chi connectivity index (χ1) is 12.8. The molecule has 0 aromatic heterocycles. The summed E-state index contributed by atoms with van der Waals surface area (Å²) < 4.78 is 4.55. The van der Waals surface area contributed by atoms with Gasteiger partial charge < -0.3 is 9.64 Å². The summed E-state index contributed by atoms with van der Waals surface area (Å²) in [4.78, 5) is 40.4. The van der Waals surface area contributed by atoms with Gasteiger partial charge in [0.25, 0.3) is 5.91 Å². The molecule has 0 saturated heterocycles. The van der Waals surface area contributed by atoms with Crippen molar-refractivity contribution in [1.82, 2.24) is 4.90 Å². The molecule has 0 spiro atoms. The number of benzene rings is 1. The molecule has 0 radical (unpaired) electrons. The fourth-order valence-corrected chi connectivity index (χ4v) is 2.63. The molecular weight excluding hydrogens is 344 g/mol. The van der Waals surface area contributed by atoms with Crippen molar-refractivity contribution in [2.24, 2.45) is 4.99 Å². The lowest BCUT2D eigenvalue weighted by molar-refractivity contribution is -0.132. The highest BCUT2D eigenvalue weighted by atomic mass is 16.5. The number of hydrogen-bond donors (Lipinski definition) is 0. The number of carbonyl (C=O) groups is 3. The first-order valence-electron chi connectivity index (χ1n) is 9.32. The topological polar surface area (TPSA) is 76.0 Å². The van der Waals surface area contributed by atoms with Gasteiger partial charge in [-0.25, -0.2) is 9.79 Å². The predicted octanol–water partition coefficient (Wildman–Crippen LogP) is 3.43. The minimum atomic E-state index is -0.605. The molecule has 6 heteroatoms. The molecule has 0 aliphatic carbocycles. The number of amides is 2. The van der Waals surface area contributed by atoms with Gasteiger partial charge in [-0.3, -0.25) is 9.59 Å². The third-order valence-electron chi connectivity index (χ3n) is 4.28. The largest absolute Gasteiger partial charge is 0.465 e. The number of aryl methyl sites for hydroxylation is 1. The van der Waals surface area contributed by atoms with E-state index in [0.717, 1.165) is 44.1 Å². The molecule has 6 nitrogen and oxygen atoms in total. The van der Waals surface area contributed by atoms with Crippen LogP contribution in [0.15, 0.2) is 29.3 Å². The van der Waals surface area contributed by atoms with E-state index in [2.05, 4.69) is 9.73 Å². The Morgan fingerprint density at radius 1 is 1.04 bits per heavy atom. The Morgan fingerprint density at radius 3 is 2.37 bits per heavy atom. The molecule has 0 N–H and O–H groups in total. The zero-order chi connectivity index (χ0) is 20.2. The Kier molecular flexibility index (Phi) is 10.0. The average Bonchev–Trinajstić information content (AvgIpc) is 2.66. The van der Waals surface area contributed by atoms with Gasteiger partial charge in [0.15, 0.2) is 0 Å². The highest BCUT2D eigenvalue weighted by Gasteiger charge is 2.10. The van der Waals surface area contributed by atoms with Gasteiger partial charge in [0, 0.05) is 26.1 Å². The van der Waals surface area contributed by atoms with Gasteiger partial charge in [0.2, 0.25) is 5.91 Å². The van der Waals surface area contributed by atoms with E-state index in [0.29, 0.717) is 12.0 Å².